The standard InChI is InChI=1S/Al.7FH.Ti.3H/h;7*1H;;;;. The number of halogens is 7. The van der Waals surface area contributed by atoms with Crippen LogP contribution in [0, 0.1) is 0 Å². The molecule has 0 aliphatic rings. The van der Waals surface area contributed by atoms with Gasteiger partial charge in [0.05, 0.1) is 0 Å². The largest absolute Gasteiger partial charge is 0.269 e. The summed E-state index contributed by atoms with van der Waals surface area (Å²) in [6, 6.07) is 0. The van der Waals surface area contributed by atoms with Crippen molar-refractivity contribution in [3.05, 3.63) is 0 Å². The summed E-state index contributed by atoms with van der Waals surface area (Å²) in [4.78, 5) is 0. The minimum atomic E-state index is 0. The van der Waals surface area contributed by atoms with Crippen molar-refractivity contribution in [3.63, 3.8) is 0 Å². The molecule has 66 valence electrons. The summed E-state index contributed by atoms with van der Waals surface area (Å²) >= 11 is 0. The summed E-state index contributed by atoms with van der Waals surface area (Å²) in [6.45, 7) is 0. The Morgan fingerprint density at radius 1 is 0.333 bits per heavy atom. The van der Waals surface area contributed by atoms with Crippen molar-refractivity contribution in [2.75, 3.05) is 0 Å². The van der Waals surface area contributed by atoms with Crippen LogP contribution in [0.1, 0.15) is 0 Å². The molecule has 9 heteroatoms. The van der Waals surface area contributed by atoms with Crippen LogP contribution < -0.4 is 0 Å². The molecule has 0 aromatic carbocycles. The predicted molar refractivity (Wildman–Crippen MR) is 27.5 cm³/mol. The van der Waals surface area contributed by atoms with Crippen LogP contribution >= 0.6 is 0 Å². The fourth-order valence-corrected chi connectivity index (χ4v) is 0. The monoisotopic (exact) mass is 218 g/mol. The van der Waals surface area contributed by atoms with Gasteiger partial charge in [-0.15, -0.1) is 0 Å². The van der Waals surface area contributed by atoms with Gasteiger partial charge in [-0.05, 0) is 0 Å². The quantitative estimate of drug-likeness (QED) is 0.392. The van der Waals surface area contributed by atoms with E-state index in [9.17, 15) is 0 Å². The average Bonchev–Trinajstić information content (AvgIpc) is 0. The molecule has 0 nitrogen and oxygen atoms in total. The SMILES string of the molecule is F.F.F.F.F.F.F.[AlH3].[Ti]. The molecule has 0 saturated carbocycles. The first-order chi connectivity index (χ1) is 0. The maximum absolute atomic E-state index is 0. The van der Waals surface area contributed by atoms with Crippen LogP contribution in [0.3, 0.4) is 0 Å². The van der Waals surface area contributed by atoms with Crippen molar-refractivity contribution in [3.8, 4) is 0 Å². The number of hydrogen-bond acceptors (Lipinski definition) is 0. The molecule has 0 bridgehead atoms. The van der Waals surface area contributed by atoms with Crippen molar-refractivity contribution >= 4 is 17.4 Å². The van der Waals surface area contributed by atoms with Gasteiger partial charge in [0.2, 0.25) is 0 Å². The Balaban J connectivity index is 0. The molecular formula is H10AlF7Ti. The summed E-state index contributed by atoms with van der Waals surface area (Å²) < 4.78 is 0. The van der Waals surface area contributed by atoms with Crippen molar-refractivity contribution in [2.24, 2.45) is 0 Å². The van der Waals surface area contributed by atoms with E-state index in [0.29, 0.717) is 0 Å². The molecule has 0 atom stereocenters. The van der Waals surface area contributed by atoms with E-state index < -0.39 is 0 Å². The van der Waals surface area contributed by atoms with E-state index in [-0.39, 0.29) is 72.0 Å². The molecule has 0 saturated heterocycles. The minimum Gasteiger partial charge on any atom is -0.269 e. The van der Waals surface area contributed by atoms with Crippen molar-refractivity contribution < 1.29 is 54.6 Å². The third-order valence-electron chi connectivity index (χ3n) is 0. The van der Waals surface area contributed by atoms with Crippen LogP contribution in [0.25, 0.3) is 0 Å². The third-order valence-corrected chi connectivity index (χ3v) is 0. The van der Waals surface area contributed by atoms with Crippen LogP contribution in [0.15, 0.2) is 0 Å². The molecule has 0 N–H and O–H groups in total. The van der Waals surface area contributed by atoms with Gasteiger partial charge in [-0.2, -0.15) is 0 Å². The van der Waals surface area contributed by atoms with Gasteiger partial charge in [0.1, 0.15) is 0 Å². The van der Waals surface area contributed by atoms with Gasteiger partial charge in [-0.1, -0.05) is 0 Å². The Morgan fingerprint density at radius 3 is 0.333 bits per heavy atom. The summed E-state index contributed by atoms with van der Waals surface area (Å²) in [7, 11) is 0. The second kappa shape index (κ2) is 920. The maximum atomic E-state index is 0. The molecular weight excluding hydrogens is 208 g/mol. The zero-order valence-electron chi connectivity index (χ0n) is 3.36. The summed E-state index contributed by atoms with van der Waals surface area (Å²) in [5.74, 6) is 0. The predicted octanol–water partition coefficient (Wildman–Crippen LogP) is -0.119. The first kappa shape index (κ1) is 1310. The van der Waals surface area contributed by atoms with E-state index in [1.165, 1.54) is 0 Å². The van der Waals surface area contributed by atoms with E-state index in [4.69, 9.17) is 0 Å². The van der Waals surface area contributed by atoms with Gasteiger partial charge in [0, 0.05) is 21.7 Å². The zero-order valence-corrected chi connectivity index (χ0v) is 4.92. The molecule has 0 aliphatic carbocycles. The van der Waals surface area contributed by atoms with Gasteiger partial charge >= 0.3 is 0 Å². The third kappa shape index (κ3) is 698. The van der Waals surface area contributed by atoms with Gasteiger partial charge in [0.15, 0.2) is 17.4 Å². The van der Waals surface area contributed by atoms with Crippen molar-refractivity contribution in [1.29, 1.82) is 0 Å². The van der Waals surface area contributed by atoms with Gasteiger partial charge in [-0.3, -0.25) is 32.9 Å². The van der Waals surface area contributed by atoms with Gasteiger partial charge in [0.25, 0.3) is 0 Å². The maximum Gasteiger partial charge on any atom is 0.187 e. The van der Waals surface area contributed by atoms with E-state index in [0.717, 1.165) is 0 Å². The Morgan fingerprint density at radius 2 is 0.333 bits per heavy atom. The number of rotatable bonds is 0. The Bertz CT molecular complexity index is 8.88. The minimum absolute atomic E-state index is 0. The first-order valence-electron chi connectivity index (χ1n) is 0. The zero-order chi connectivity index (χ0) is 0. The Labute approximate surface area is 72.3 Å². The van der Waals surface area contributed by atoms with E-state index in [1.54, 1.807) is 0 Å². The van der Waals surface area contributed by atoms with Crippen LogP contribution in [0.5, 0.6) is 0 Å². The fraction of sp³-hybridized carbons (Fsp3) is 0. The Hall–Kier alpha value is 0.757. The molecule has 0 heterocycles. The van der Waals surface area contributed by atoms with Gasteiger partial charge in [-0.25, -0.2) is 0 Å². The summed E-state index contributed by atoms with van der Waals surface area (Å²) in [5.41, 5.74) is 0. The topological polar surface area (TPSA) is 0 Å². The first-order valence-corrected chi connectivity index (χ1v) is 0. The fourth-order valence-electron chi connectivity index (χ4n) is 0. The molecule has 0 rings (SSSR count). The molecule has 0 fully saturated rings. The summed E-state index contributed by atoms with van der Waals surface area (Å²) in [5, 5.41) is 0. The number of hydrogen-bond donors (Lipinski definition) is 0. The molecule has 9 heavy (non-hydrogen) atoms. The molecule has 0 unspecified atom stereocenters. The molecule has 0 aliphatic heterocycles. The molecule has 0 spiro atoms. The van der Waals surface area contributed by atoms with Crippen LogP contribution in [-0.2, 0) is 21.7 Å². The molecule has 0 aromatic heterocycles. The van der Waals surface area contributed by atoms with Crippen LogP contribution in [0.2, 0.25) is 0 Å². The van der Waals surface area contributed by atoms with Crippen LogP contribution in [-0.4, -0.2) is 17.4 Å². The van der Waals surface area contributed by atoms with Crippen LogP contribution in [0.4, 0.5) is 32.9 Å². The van der Waals surface area contributed by atoms with Gasteiger partial charge < -0.3 is 0 Å². The Kier molecular flexibility index (Phi) is 134000. The van der Waals surface area contributed by atoms with E-state index >= 15 is 0 Å². The second-order valence-electron chi connectivity index (χ2n) is 0. The van der Waals surface area contributed by atoms with E-state index in [2.05, 4.69) is 0 Å². The van der Waals surface area contributed by atoms with Crippen molar-refractivity contribution in [2.45, 2.75) is 0 Å². The average molecular weight is 218 g/mol. The normalized spacial score (nSPS) is 0. The molecule has 0 radical (unpaired) electrons. The van der Waals surface area contributed by atoms with Crippen molar-refractivity contribution in [1.82, 2.24) is 0 Å². The summed E-state index contributed by atoms with van der Waals surface area (Å²) in [6.07, 6.45) is 0. The molecule has 0 amide bonds. The molecule has 0 aromatic rings. The second-order valence-corrected chi connectivity index (χ2v) is 0. The van der Waals surface area contributed by atoms with E-state index in [1.807, 2.05) is 0 Å². The smallest absolute Gasteiger partial charge is 0.187 e.